The van der Waals surface area contributed by atoms with Gasteiger partial charge in [-0.15, -0.1) is 5.10 Å². The third-order valence-corrected chi connectivity index (χ3v) is 2.32. The summed E-state index contributed by atoms with van der Waals surface area (Å²) in [7, 11) is 0. The lowest BCUT2D eigenvalue weighted by Gasteiger charge is -2.24. The summed E-state index contributed by atoms with van der Waals surface area (Å²) in [5.41, 5.74) is -0.0202. The lowest BCUT2D eigenvalue weighted by Crippen LogP contribution is -2.30. The van der Waals surface area contributed by atoms with Gasteiger partial charge in [0.05, 0.1) is 6.20 Å². The van der Waals surface area contributed by atoms with Crippen molar-refractivity contribution in [3.05, 3.63) is 6.20 Å². The van der Waals surface area contributed by atoms with Crippen molar-refractivity contribution in [1.82, 2.24) is 15.2 Å². The zero-order valence-electron chi connectivity index (χ0n) is 12.2. The summed E-state index contributed by atoms with van der Waals surface area (Å²) in [5, 5.41) is 11.5. The van der Waals surface area contributed by atoms with Crippen molar-refractivity contribution in [2.45, 2.75) is 53.0 Å². The van der Waals surface area contributed by atoms with Gasteiger partial charge < -0.3 is 10.2 Å². The highest BCUT2D eigenvalue weighted by atomic mass is 15.3. The first-order valence-electron chi connectivity index (χ1n) is 6.69. The molecule has 0 aromatic carbocycles. The van der Waals surface area contributed by atoms with E-state index in [1.807, 2.05) is 0 Å². The van der Waals surface area contributed by atoms with Crippen LogP contribution in [0.2, 0.25) is 0 Å². The van der Waals surface area contributed by atoms with E-state index in [9.17, 15) is 0 Å². The Hall–Kier alpha value is -1.39. The molecule has 0 atom stereocenters. The van der Waals surface area contributed by atoms with Gasteiger partial charge >= 0.3 is 0 Å². The summed E-state index contributed by atoms with van der Waals surface area (Å²) < 4.78 is 0. The maximum Gasteiger partial charge on any atom is 0.247 e. The second-order valence-corrected chi connectivity index (χ2v) is 5.50. The average Bonchev–Trinajstić information content (AvgIpc) is 2.27. The van der Waals surface area contributed by atoms with Crippen LogP contribution in [0.3, 0.4) is 0 Å². The summed E-state index contributed by atoms with van der Waals surface area (Å²) in [6.07, 6.45) is 3.84. The van der Waals surface area contributed by atoms with Crippen LogP contribution in [0.5, 0.6) is 0 Å². The molecule has 0 spiro atoms. The predicted molar refractivity (Wildman–Crippen MR) is 76.0 cm³/mol. The van der Waals surface area contributed by atoms with E-state index in [-0.39, 0.29) is 5.54 Å². The van der Waals surface area contributed by atoms with E-state index in [1.54, 1.807) is 6.20 Å². The normalized spacial score (nSPS) is 11.4. The van der Waals surface area contributed by atoms with Crippen molar-refractivity contribution in [1.29, 1.82) is 0 Å². The highest BCUT2D eigenvalue weighted by molar-refractivity contribution is 5.40. The second-order valence-electron chi connectivity index (χ2n) is 5.50. The van der Waals surface area contributed by atoms with Gasteiger partial charge in [-0.05, 0) is 33.6 Å². The first-order chi connectivity index (χ1) is 8.46. The van der Waals surface area contributed by atoms with Crippen LogP contribution >= 0.6 is 0 Å². The minimum atomic E-state index is -0.0202. The number of aromatic nitrogens is 3. The van der Waals surface area contributed by atoms with Crippen LogP contribution in [0.1, 0.15) is 47.5 Å². The topological polar surface area (TPSA) is 53.9 Å². The molecule has 0 aliphatic rings. The zero-order valence-corrected chi connectivity index (χ0v) is 12.2. The molecular formula is C13H25N5. The summed E-state index contributed by atoms with van der Waals surface area (Å²) in [4.78, 5) is 6.72. The van der Waals surface area contributed by atoms with E-state index in [4.69, 9.17) is 0 Å². The number of anilines is 2. The Kier molecular flexibility index (Phi) is 5.31. The lowest BCUT2D eigenvalue weighted by molar-refractivity contribution is 0.626. The SMILES string of the molecule is CCCN(CCC)c1nncc(NC(C)(C)C)n1. The Balaban J connectivity index is 2.84. The molecule has 0 saturated heterocycles. The van der Waals surface area contributed by atoms with Crippen molar-refractivity contribution >= 4 is 11.8 Å². The van der Waals surface area contributed by atoms with Gasteiger partial charge in [-0.25, -0.2) is 0 Å². The highest BCUT2D eigenvalue weighted by Crippen LogP contribution is 2.14. The molecule has 0 fully saturated rings. The van der Waals surface area contributed by atoms with Crippen LogP contribution in [0.4, 0.5) is 11.8 Å². The fraction of sp³-hybridized carbons (Fsp3) is 0.769. The quantitative estimate of drug-likeness (QED) is 0.842. The van der Waals surface area contributed by atoms with Crippen molar-refractivity contribution in [3.8, 4) is 0 Å². The Bertz CT molecular complexity index is 353. The Morgan fingerprint density at radius 3 is 2.28 bits per heavy atom. The predicted octanol–water partition coefficient (Wildman–Crippen LogP) is 2.71. The molecule has 0 radical (unpaired) electrons. The largest absolute Gasteiger partial charge is 0.364 e. The zero-order chi connectivity index (χ0) is 13.6. The molecule has 0 saturated carbocycles. The van der Waals surface area contributed by atoms with Gasteiger partial charge in [0, 0.05) is 18.6 Å². The molecular weight excluding hydrogens is 226 g/mol. The molecule has 0 bridgehead atoms. The van der Waals surface area contributed by atoms with E-state index in [2.05, 4.69) is 60.0 Å². The lowest BCUT2D eigenvalue weighted by atomic mass is 10.1. The van der Waals surface area contributed by atoms with E-state index < -0.39 is 0 Å². The highest BCUT2D eigenvalue weighted by Gasteiger charge is 2.13. The van der Waals surface area contributed by atoms with Gasteiger partial charge in [0.15, 0.2) is 5.82 Å². The van der Waals surface area contributed by atoms with Crippen LogP contribution in [-0.4, -0.2) is 33.8 Å². The molecule has 0 amide bonds. The van der Waals surface area contributed by atoms with E-state index in [0.29, 0.717) is 5.95 Å². The molecule has 5 heteroatoms. The number of hydrogen-bond donors (Lipinski definition) is 1. The minimum Gasteiger partial charge on any atom is -0.364 e. The second kappa shape index (κ2) is 6.52. The smallest absolute Gasteiger partial charge is 0.247 e. The fourth-order valence-electron chi connectivity index (χ4n) is 1.72. The first-order valence-corrected chi connectivity index (χ1v) is 6.69. The van der Waals surface area contributed by atoms with Crippen LogP contribution < -0.4 is 10.2 Å². The number of hydrogen-bond acceptors (Lipinski definition) is 5. The van der Waals surface area contributed by atoms with Crippen LogP contribution in [0.15, 0.2) is 6.20 Å². The average molecular weight is 251 g/mol. The van der Waals surface area contributed by atoms with E-state index in [0.717, 1.165) is 31.7 Å². The maximum atomic E-state index is 4.54. The molecule has 5 nitrogen and oxygen atoms in total. The monoisotopic (exact) mass is 251 g/mol. The summed E-state index contributed by atoms with van der Waals surface area (Å²) in [6, 6.07) is 0. The van der Waals surface area contributed by atoms with Crippen molar-refractivity contribution < 1.29 is 0 Å². The van der Waals surface area contributed by atoms with Crippen molar-refractivity contribution in [2.24, 2.45) is 0 Å². The number of nitrogens with zero attached hydrogens (tertiary/aromatic N) is 4. The third kappa shape index (κ3) is 4.85. The van der Waals surface area contributed by atoms with Gasteiger partial charge in [-0.2, -0.15) is 10.1 Å². The molecule has 1 aromatic heterocycles. The Labute approximate surface area is 110 Å². The van der Waals surface area contributed by atoms with E-state index in [1.165, 1.54) is 0 Å². The van der Waals surface area contributed by atoms with Crippen molar-refractivity contribution in [2.75, 3.05) is 23.3 Å². The summed E-state index contributed by atoms with van der Waals surface area (Å²) in [6.45, 7) is 12.6. The molecule has 1 aromatic rings. The van der Waals surface area contributed by atoms with Crippen LogP contribution in [0.25, 0.3) is 0 Å². The molecule has 102 valence electrons. The van der Waals surface area contributed by atoms with Crippen LogP contribution in [-0.2, 0) is 0 Å². The van der Waals surface area contributed by atoms with Gasteiger partial charge in [0.1, 0.15) is 0 Å². The van der Waals surface area contributed by atoms with Gasteiger partial charge in [0.25, 0.3) is 0 Å². The molecule has 1 N–H and O–H groups in total. The summed E-state index contributed by atoms with van der Waals surface area (Å²) in [5.74, 6) is 1.50. The van der Waals surface area contributed by atoms with Gasteiger partial charge in [-0.1, -0.05) is 13.8 Å². The van der Waals surface area contributed by atoms with E-state index >= 15 is 0 Å². The molecule has 1 rings (SSSR count). The molecule has 0 aliphatic carbocycles. The fourth-order valence-corrected chi connectivity index (χ4v) is 1.72. The minimum absolute atomic E-state index is 0.0202. The van der Waals surface area contributed by atoms with Gasteiger partial charge in [0.2, 0.25) is 5.95 Å². The Morgan fingerprint density at radius 1 is 1.17 bits per heavy atom. The first kappa shape index (κ1) is 14.7. The summed E-state index contributed by atoms with van der Waals surface area (Å²) >= 11 is 0. The molecule has 0 aliphatic heterocycles. The van der Waals surface area contributed by atoms with Crippen LogP contribution in [0, 0.1) is 0 Å². The van der Waals surface area contributed by atoms with Crippen molar-refractivity contribution in [3.63, 3.8) is 0 Å². The standard InChI is InChI=1S/C13H25N5/c1-6-8-18(9-7-2)12-15-11(10-14-17-12)16-13(3,4)5/h10H,6-9H2,1-5H3,(H,15,16,17). The third-order valence-electron chi connectivity index (χ3n) is 2.32. The molecule has 0 unspecified atom stereocenters. The maximum absolute atomic E-state index is 4.54. The number of rotatable bonds is 6. The Morgan fingerprint density at radius 2 is 1.78 bits per heavy atom. The molecule has 1 heterocycles. The molecule has 18 heavy (non-hydrogen) atoms. The number of nitrogens with one attached hydrogen (secondary N) is 1. The van der Waals surface area contributed by atoms with Gasteiger partial charge in [-0.3, -0.25) is 0 Å².